The summed E-state index contributed by atoms with van der Waals surface area (Å²) in [7, 11) is 0. The normalized spacial score (nSPS) is 18.6. The van der Waals surface area contributed by atoms with Gasteiger partial charge in [0, 0.05) is 12.0 Å². The molecule has 0 aliphatic heterocycles. The first-order valence-corrected chi connectivity index (χ1v) is 8.96. The average molecular weight is 380 g/mol. The maximum atomic E-state index is 13.3. The fraction of sp³-hybridized carbons (Fsp3) is 0.238. The molecule has 6 nitrogen and oxygen atoms in total. The molecule has 1 aliphatic rings. The van der Waals surface area contributed by atoms with Gasteiger partial charge in [-0.25, -0.2) is 9.37 Å². The number of hydrogen-bond donors (Lipinski definition) is 1. The van der Waals surface area contributed by atoms with E-state index in [4.69, 9.17) is 5.11 Å². The lowest BCUT2D eigenvalue weighted by atomic mass is 9.73. The highest BCUT2D eigenvalue weighted by Crippen LogP contribution is 2.36. The summed E-state index contributed by atoms with van der Waals surface area (Å²) in [5, 5.41) is 9.44. The third-order valence-corrected chi connectivity index (χ3v) is 5.24. The summed E-state index contributed by atoms with van der Waals surface area (Å²) in [5.41, 5.74) is 1.01. The number of halogens is 1. The molecule has 0 saturated heterocycles. The van der Waals surface area contributed by atoms with Crippen LogP contribution in [-0.4, -0.2) is 26.9 Å². The van der Waals surface area contributed by atoms with E-state index in [2.05, 4.69) is 4.98 Å². The van der Waals surface area contributed by atoms with Crippen molar-refractivity contribution in [1.29, 1.82) is 0 Å². The summed E-state index contributed by atoms with van der Waals surface area (Å²) in [6.07, 6.45) is 2.18. The van der Waals surface area contributed by atoms with Crippen LogP contribution in [0.2, 0.25) is 0 Å². The van der Waals surface area contributed by atoms with Gasteiger partial charge in [0.2, 0.25) is 0 Å². The number of hydrogen-bond acceptors (Lipinski definition) is 4. The van der Waals surface area contributed by atoms with Crippen LogP contribution in [0.25, 0.3) is 16.6 Å². The Bertz CT molecular complexity index is 1130. The molecule has 28 heavy (non-hydrogen) atoms. The summed E-state index contributed by atoms with van der Waals surface area (Å²) in [5.74, 6) is -1.01. The first-order valence-electron chi connectivity index (χ1n) is 8.96. The van der Waals surface area contributed by atoms with Crippen LogP contribution in [0, 0.1) is 17.7 Å². The number of carboxylic acid groups (broad SMARTS) is 1. The number of aromatic nitrogens is 2. The van der Waals surface area contributed by atoms with Gasteiger partial charge < -0.3 is 5.11 Å². The Hall–Kier alpha value is -3.35. The van der Waals surface area contributed by atoms with Gasteiger partial charge in [0.25, 0.3) is 5.56 Å². The predicted molar refractivity (Wildman–Crippen MR) is 100 cm³/mol. The fourth-order valence-electron chi connectivity index (χ4n) is 3.68. The quantitative estimate of drug-likeness (QED) is 0.688. The zero-order valence-electron chi connectivity index (χ0n) is 14.8. The Kier molecular flexibility index (Phi) is 4.50. The van der Waals surface area contributed by atoms with E-state index in [1.54, 1.807) is 18.2 Å². The molecule has 1 fully saturated rings. The second kappa shape index (κ2) is 6.99. The Morgan fingerprint density at radius 3 is 2.57 bits per heavy atom. The van der Waals surface area contributed by atoms with E-state index in [0.29, 0.717) is 53.5 Å². The molecule has 7 heteroatoms. The highest BCUT2D eigenvalue weighted by Gasteiger charge is 2.35. The molecular formula is C21H17FN2O4. The minimum atomic E-state index is -0.811. The van der Waals surface area contributed by atoms with E-state index in [-0.39, 0.29) is 17.4 Å². The van der Waals surface area contributed by atoms with E-state index in [1.807, 2.05) is 0 Å². The van der Waals surface area contributed by atoms with Crippen molar-refractivity contribution in [3.05, 3.63) is 70.0 Å². The van der Waals surface area contributed by atoms with Gasteiger partial charge >= 0.3 is 5.97 Å². The van der Waals surface area contributed by atoms with Gasteiger partial charge in [-0.3, -0.25) is 19.0 Å². The van der Waals surface area contributed by atoms with Crippen LogP contribution in [0.15, 0.2) is 47.3 Å². The second-order valence-electron chi connectivity index (χ2n) is 7.12. The van der Waals surface area contributed by atoms with Gasteiger partial charge in [-0.15, -0.1) is 0 Å². The van der Waals surface area contributed by atoms with Crippen molar-refractivity contribution in [2.24, 2.45) is 11.8 Å². The van der Waals surface area contributed by atoms with Gasteiger partial charge in [0.15, 0.2) is 0 Å². The molecule has 1 N–H and O–H groups in total. The number of aliphatic carboxylic acids is 1. The molecule has 0 radical (unpaired) electrons. The fourth-order valence-corrected chi connectivity index (χ4v) is 3.68. The van der Waals surface area contributed by atoms with E-state index in [9.17, 15) is 18.8 Å². The highest BCUT2D eigenvalue weighted by molar-refractivity contribution is 5.86. The topological polar surface area (TPSA) is 89.3 Å². The largest absolute Gasteiger partial charge is 0.481 e. The minimum Gasteiger partial charge on any atom is -0.481 e. The van der Waals surface area contributed by atoms with Gasteiger partial charge in [-0.2, -0.15) is 0 Å². The van der Waals surface area contributed by atoms with Gasteiger partial charge in [0.1, 0.15) is 17.9 Å². The third-order valence-electron chi connectivity index (χ3n) is 5.24. The molecule has 0 unspecified atom stereocenters. The minimum absolute atomic E-state index is 0.103. The summed E-state index contributed by atoms with van der Waals surface area (Å²) >= 11 is 0. The molecule has 142 valence electrons. The molecule has 0 atom stereocenters. The van der Waals surface area contributed by atoms with Crippen LogP contribution in [0.4, 0.5) is 4.39 Å². The van der Waals surface area contributed by atoms with E-state index in [1.165, 1.54) is 28.8 Å². The molecule has 4 rings (SSSR count). The molecule has 3 aromatic rings. The van der Waals surface area contributed by atoms with Crippen LogP contribution in [0.5, 0.6) is 0 Å². The number of nitrogens with zero attached hydrogens (tertiary/aromatic N) is 2. The molecule has 1 aliphatic carbocycles. The van der Waals surface area contributed by atoms with Gasteiger partial charge in [-0.05, 0) is 55.2 Å². The number of carbonyl (C=O) groups is 2. The van der Waals surface area contributed by atoms with Crippen molar-refractivity contribution in [1.82, 2.24) is 9.55 Å². The molecule has 1 saturated carbocycles. The third kappa shape index (κ3) is 3.19. The van der Waals surface area contributed by atoms with Crippen molar-refractivity contribution in [2.45, 2.75) is 19.3 Å². The Morgan fingerprint density at radius 2 is 1.93 bits per heavy atom. The number of rotatable bonds is 5. The van der Waals surface area contributed by atoms with Crippen LogP contribution in [0.3, 0.4) is 0 Å². The van der Waals surface area contributed by atoms with Crippen LogP contribution >= 0.6 is 0 Å². The number of carbonyl (C=O) groups excluding carboxylic acids is 1. The molecule has 2 aromatic carbocycles. The summed E-state index contributed by atoms with van der Waals surface area (Å²) in [4.78, 5) is 39.9. The van der Waals surface area contributed by atoms with Crippen molar-refractivity contribution in [3.63, 3.8) is 0 Å². The molecule has 1 heterocycles. The lowest BCUT2D eigenvalue weighted by Gasteiger charge is -2.32. The van der Waals surface area contributed by atoms with Crippen molar-refractivity contribution < 1.29 is 19.1 Å². The average Bonchev–Trinajstić information content (AvgIpc) is 2.64. The van der Waals surface area contributed by atoms with E-state index < -0.39 is 11.8 Å². The number of aldehydes is 1. The van der Waals surface area contributed by atoms with Crippen LogP contribution in [0.1, 0.15) is 29.0 Å². The number of benzene rings is 2. The van der Waals surface area contributed by atoms with Crippen molar-refractivity contribution >= 4 is 23.2 Å². The molecule has 0 amide bonds. The lowest BCUT2D eigenvalue weighted by Crippen LogP contribution is -2.33. The summed E-state index contributed by atoms with van der Waals surface area (Å²) in [6, 6.07) is 10.2. The molecule has 0 bridgehead atoms. The lowest BCUT2D eigenvalue weighted by molar-refractivity contribution is -0.146. The summed E-state index contributed by atoms with van der Waals surface area (Å²) in [6.45, 7) is 0. The number of carboxylic acids is 1. The maximum absolute atomic E-state index is 13.3. The highest BCUT2D eigenvalue weighted by atomic mass is 19.1. The molecule has 1 aromatic heterocycles. The monoisotopic (exact) mass is 380 g/mol. The number of fused-ring (bicyclic) bond motifs is 1. The van der Waals surface area contributed by atoms with Gasteiger partial charge in [0.05, 0.1) is 22.5 Å². The Morgan fingerprint density at radius 1 is 1.21 bits per heavy atom. The van der Waals surface area contributed by atoms with Crippen LogP contribution in [-0.2, 0) is 11.2 Å². The zero-order valence-corrected chi connectivity index (χ0v) is 14.8. The first-order chi connectivity index (χ1) is 13.5. The smallest absolute Gasteiger partial charge is 0.306 e. The second-order valence-corrected chi connectivity index (χ2v) is 7.12. The van der Waals surface area contributed by atoms with Crippen molar-refractivity contribution in [2.75, 3.05) is 0 Å². The van der Waals surface area contributed by atoms with E-state index >= 15 is 0 Å². The van der Waals surface area contributed by atoms with Crippen LogP contribution < -0.4 is 5.56 Å². The SMILES string of the molecule is O=Cc1ccc2c(=O)n(-c3ccc(F)cc3)c(CC3CC(C(=O)O)C3)nc2c1. The standard InChI is InChI=1S/C21H17FN2O4/c22-15-2-4-16(5-3-15)24-19(10-13-7-14(8-13)21(27)28)23-18-9-12(11-25)1-6-17(18)20(24)26/h1-6,9,11,13-14H,7-8,10H2,(H,27,28). The Balaban J connectivity index is 1.83. The maximum Gasteiger partial charge on any atom is 0.306 e. The molecular weight excluding hydrogens is 363 g/mol. The summed E-state index contributed by atoms with van der Waals surface area (Å²) < 4.78 is 14.8. The zero-order chi connectivity index (χ0) is 19.8. The first kappa shape index (κ1) is 18.0. The van der Waals surface area contributed by atoms with Gasteiger partial charge in [-0.1, -0.05) is 6.07 Å². The predicted octanol–water partition coefficient (Wildman–Crippen LogP) is 2.99. The van der Waals surface area contributed by atoms with E-state index in [0.717, 1.165) is 0 Å². The van der Waals surface area contributed by atoms with Crippen molar-refractivity contribution in [3.8, 4) is 5.69 Å². The Labute approximate surface area is 159 Å². The molecule has 0 spiro atoms.